The molecule has 6 aromatic rings. The number of benzene rings is 5. The molecule has 0 unspecified atom stereocenters. The Labute approximate surface area is 333 Å². The van der Waals surface area contributed by atoms with Crippen LogP contribution in [-0.2, 0) is 0 Å². The van der Waals surface area contributed by atoms with Gasteiger partial charge in [0.1, 0.15) is 17.7 Å². The summed E-state index contributed by atoms with van der Waals surface area (Å²) in [5, 5.41) is 47.4. The molecular weight excluding hydrogens is 705 g/mol. The third-order valence-corrected chi connectivity index (χ3v) is 9.94. The van der Waals surface area contributed by atoms with Gasteiger partial charge in [0.15, 0.2) is 11.5 Å². The molecule has 1 heterocycles. The van der Waals surface area contributed by atoms with Crippen molar-refractivity contribution in [2.24, 2.45) is 0 Å². The molecule has 0 amide bonds. The molecule has 6 nitrogen and oxygen atoms in total. The summed E-state index contributed by atoms with van der Waals surface area (Å²) in [6.45, 7) is 7.60. The third kappa shape index (κ3) is 7.62. The van der Waals surface area contributed by atoms with Gasteiger partial charge in [-0.25, -0.2) is 0 Å². The van der Waals surface area contributed by atoms with E-state index >= 15 is 0 Å². The summed E-state index contributed by atoms with van der Waals surface area (Å²) >= 11 is 0. The zero-order chi connectivity index (χ0) is 39.9. The number of hydrogen-bond acceptors (Lipinski definition) is 5. The molecule has 1 aliphatic rings. The first-order chi connectivity index (χ1) is 27.8. The molecule has 6 heteroatoms. The number of aliphatic hydroxyl groups is 4. The molecule has 0 spiro atoms. The lowest BCUT2D eigenvalue weighted by Crippen LogP contribution is -2.20. The van der Waals surface area contributed by atoms with Crippen LogP contribution >= 0.6 is 0 Å². The van der Waals surface area contributed by atoms with Crippen molar-refractivity contribution < 1.29 is 20.4 Å². The van der Waals surface area contributed by atoms with Crippen molar-refractivity contribution in [3.63, 3.8) is 0 Å². The van der Waals surface area contributed by atoms with Crippen LogP contribution in [0.1, 0.15) is 31.4 Å². The lowest BCUT2D eigenvalue weighted by molar-refractivity contribution is 0.339. The van der Waals surface area contributed by atoms with Crippen molar-refractivity contribution >= 4 is 50.0 Å². The highest BCUT2D eigenvalue weighted by molar-refractivity contribution is 6.16. The number of rotatable bonds is 11. The summed E-state index contributed by atoms with van der Waals surface area (Å²) < 4.78 is 2.30. The molecule has 0 aliphatic heterocycles. The number of hydrogen-bond donors (Lipinski definition) is 4. The molecular formula is C51H44N2O4. The standard InChI is InChI=1S/C51H44N2O4/c1-4-5-9-18-35(2)37-29-31-41(32-30-37)52(47(34-54)50(56)51(57)48(36(3)55)38-19-10-8-11-20-38)42-24-16-21-39(33-42)43-26-17-28-46-49(43)44-25-14-15-27-45(44)53(46)40-22-12-6-7-13-23-40/h4-12,14-34,54-57H,2,13H2,1,3H3/b5-4-,18-9-,47-34-,48-36+,51-50-. The predicted molar refractivity (Wildman–Crippen MR) is 238 cm³/mol. The van der Waals surface area contributed by atoms with E-state index in [0.717, 1.165) is 62.4 Å². The molecule has 0 bridgehead atoms. The minimum absolute atomic E-state index is 0.0261. The summed E-state index contributed by atoms with van der Waals surface area (Å²) in [5.74, 6) is -1.44. The summed E-state index contributed by atoms with van der Waals surface area (Å²) in [5.41, 5.74) is 8.42. The Balaban J connectivity index is 1.41. The van der Waals surface area contributed by atoms with Gasteiger partial charge in [0.2, 0.25) is 0 Å². The van der Waals surface area contributed by atoms with E-state index in [1.165, 1.54) is 6.92 Å². The van der Waals surface area contributed by atoms with Crippen LogP contribution in [0.2, 0.25) is 0 Å². The van der Waals surface area contributed by atoms with Crippen molar-refractivity contribution in [1.82, 2.24) is 4.57 Å². The van der Waals surface area contributed by atoms with Gasteiger partial charge in [-0.15, -0.1) is 0 Å². The maximum absolute atomic E-state index is 11.9. The molecule has 0 saturated carbocycles. The fourth-order valence-corrected chi connectivity index (χ4v) is 7.30. The van der Waals surface area contributed by atoms with Crippen molar-refractivity contribution in [3.8, 4) is 11.1 Å². The normalized spacial score (nSPS) is 14.2. The average molecular weight is 749 g/mol. The number of fused-ring (bicyclic) bond motifs is 3. The van der Waals surface area contributed by atoms with Crippen LogP contribution in [0.3, 0.4) is 0 Å². The maximum atomic E-state index is 11.9. The molecule has 5 aromatic carbocycles. The summed E-state index contributed by atoms with van der Waals surface area (Å²) in [6.07, 6.45) is 19.9. The highest BCUT2D eigenvalue weighted by Gasteiger charge is 2.26. The van der Waals surface area contributed by atoms with Crippen LogP contribution in [0.15, 0.2) is 212 Å². The first-order valence-electron chi connectivity index (χ1n) is 18.8. The molecule has 1 aromatic heterocycles. The summed E-state index contributed by atoms with van der Waals surface area (Å²) in [7, 11) is 0. The van der Waals surface area contributed by atoms with E-state index in [4.69, 9.17) is 0 Å². The second-order valence-corrected chi connectivity index (χ2v) is 13.6. The Hall–Kier alpha value is -7.44. The third-order valence-electron chi connectivity index (χ3n) is 9.94. The molecule has 1 aliphatic carbocycles. The summed E-state index contributed by atoms with van der Waals surface area (Å²) in [4.78, 5) is 1.67. The van der Waals surface area contributed by atoms with Crippen LogP contribution in [-0.4, -0.2) is 25.0 Å². The van der Waals surface area contributed by atoms with Gasteiger partial charge in [-0.05, 0) is 90.6 Å². The topological polar surface area (TPSA) is 89.1 Å². The minimum atomic E-state index is -0.637. The van der Waals surface area contributed by atoms with E-state index in [2.05, 4.69) is 84.0 Å². The highest BCUT2D eigenvalue weighted by Crippen LogP contribution is 2.42. The van der Waals surface area contributed by atoms with E-state index in [1.54, 1.807) is 29.2 Å². The van der Waals surface area contributed by atoms with Gasteiger partial charge in [-0.3, -0.25) is 0 Å². The first kappa shape index (κ1) is 37.9. The van der Waals surface area contributed by atoms with Crippen LogP contribution in [0.4, 0.5) is 11.4 Å². The molecule has 0 radical (unpaired) electrons. The monoisotopic (exact) mass is 748 g/mol. The van der Waals surface area contributed by atoms with Gasteiger partial charge < -0.3 is 29.9 Å². The molecule has 4 N–H and O–H groups in total. The number of aromatic nitrogens is 1. The Morgan fingerprint density at radius 1 is 0.737 bits per heavy atom. The van der Waals surface area contributed by atoms with E-state index in [0.29, 0.717) is 16.9 Å². The zero-order valence-corrected chi connectivity index (χ0v) is 31.9. The average Bonchev–Trinajstić information content (AvgIpc) is 3.35. The Bertz CT molecular complexity index is 2710. The Kier molecular flexibility index (Phi) is 11.2. The number of para-hydroxylation sites is 1. The smallest absolute Gasteiger partial charge is 0.186 e. The van der Waals surface area contributed by atoms with Crippen LogP contribution in [0.25, 0.3) is 49.8 Å². The lowest BCUT2D eigenvalue weighted by atomic mass is 9.98. The van der Waals surface area contributed by atoms with E-state index in [9.17, 15) is 20.4 Å². The van der Waals surface area contributed by atoms with Gasteiger partial charge in [0, 0.05) is 27.8 Å². The fourth-order valence-electron chi connectivity index (χ4n) is 7.30. The van der Waals surface area contributed by atoms with Crippen molar-refractivity contribution in [1.29, 1.82) is 0 Å². The van der Waals surface area contributed by atoms with Crippen molar-refractivity contribution in [2.75, 3.05) is 4.90 Å². The number of allylic oxidation sites excluding steroid dienone is 13. The van der Waals surface area contributed by atoms with Crippen molar-refractivity contribution in [3.05, 3.63) is 223 Å². The van der Waals surface area contributed by atoms with Crippen LogP contribution < -0.4 is 4.90 Å². The van der Waals surface area contributed by atoms with Gasteiger partial charge in [0.05, 0.1) is 16.6 Å². The van der Waals surface area contributed by atoms with E-state index < -0.39 is 11.5 Å². The molecule has 0 saturated heterocycles. The first-order valence-corrected chi connectivity index (χ1v) is 18.8. The Morgan fingerprint density at radius 3 is 2.23 bits per heavy atom. The van der Waals surface area contributed by atoms with Crippen LogP contribution in [0, 0.1) is 0 Å². The minimum Gasteiger partial charge on any atom is -0.513 e. The molecule has 282 valence electrons. The Morgan fingerprint density at radius 2 is 1.47 bits per heavy atom. The molecule has 0 atom stereocenters. The largest absolute Gasteiger partial charge is 0.513 e. The SMILES string of the molecule is C=C(/C=C\C=C/C)c1ccc(N(C(=C\O)/C(O)=C(O)\C(=C(/C)O)c2ccccc2)c2cccc(-c3cccc4c3c3ccccc3n4C3=CCC=CC=C3)c2)cc1. The van der Waals surface area contributed by atoms with Gasteiger partial charge in [-0.2, -0.15) is 0 Å². The second-order valence-electron chi connectivity index (χ2n) is 13.6. The van der Waals surface area contributed by atoms with Crippen LogP contribution in [0.5, 0.6) is 0 Å². The highest BCUT2D eigenvalue weighted by atomic mass is 16.3. The fraction of sp³-hybridized carbons (Fsp3) is 0.0588. The summed E-state index contributed by atoms with van der Waals surface area (Å²) in [6, 6.07) is 38.9. The van der Waals surface area contributed by atoms with Gasteiger partial charge in [0.25, 0.3) is 0 Å². The molecule has 7 rings (SSSR count). The van der Waals surface area contributed by atoms with E-state index in [1.807, 2.05) is 85.8 Å². The van der Waals surface area contributed by atoms with Gasteiger partial charge in [-0.1, -0.05) is 140 Å². The van der Waals surface area contributed by atoms with E-state index in [-0.39, 0.29) is 17.0 Å². The lowest BCUT2D eigenvalue weighted by Gasteiger charge is -2.28. The quantitative estimate of drug-likeness (QED) is 0.0782. The van der Waals surface area contributed by atoms with Crippen molar-refractivity contribution in [2.45, 2.75) is 20.3 Å². The molecule has 0 fully saturated rings. The number of aliphatic hydroxyl groups excluding tert-OH is 4. The number of anilines is 2. The number of nitrogens with zero attached hydrogens (tertiary/aromatic N) is 2. The zero-order valence-electron chi connectivity index (χ0n) is 31.9. The predicted octanol–water partition coefficient (Wildman–Crippen LogP) is 13.8. The maximum Gasteiger partial charge on any atom is 0.186 e. The molecule has 57 heavy (non-hydrogen) atoms. The van der Waals surface area contributed by atoms with Gasteiger partial charge >= 0.3 is 0 Å². The second kappa shape index (κ2) is 16.9.